The molecule has 22 heavy (non-hydrogen) atoms. The molecule has 0 radical (unpaired) electrons. The van der Waals surface area contributed by atoms with E-state index in [2.05, 4.69) is 49.2 Å². The Morgan fingerprint density at radius 2 is 1.50 bits per heavy atom. The van der Waals surface area contributed by atoms with Crippen LogP contribution < -0.4 is 0 Å². The summed E-state index contributed by atoms with van der Waals surface area (Å²) in [4.78, 5) is 0. The molecule has 2 aromatic carbocycles. The monoisotopic (exact) mass is 292 g/mol. The van der Waals surface area contributed by atoms with E-state index in [1.54, 1.807) is 0 Å². The second kappa shape index (κ2) is 9.31. The van der Waals surface area contributed by atoms with Crippen LogP contribution >= 0.6 is 0 Å². The van der Waals surface area contributed by atoms with Gasteiger partial charge in [-0.15, -0.1) is 6.42 Å². The fraction of sp³-hybridized carbons (Fsp3) is 0.455. The van der Waals surface area contributed by atoms with Gasteiger partial charge in [0.2, 0.25) is 0 Å². The maximum absolute atomic E-state index is 5.77. The maximum atomic E-state index is 5.77. The minimum absolute atomic E-state index is 1.10. The van der Waals surface area contributed by atoms with E-state index in [1.807, 2.05) is 0 Å². The van der Waals surface area contributed by atoms with Crippen LogP contribution in [0.4, 0.5) is 0 Å². The molecule has 0 aliphatic carbocycles. The van der Waals surface area contributed by atoms with Gasteiger partial charge < -0.3 is 0 Å². The highest BCUT2D eigenvalue weighted by atomic mass is 14.1. The first-order valence-electron chi connectivity index (χ1n) is 8.84. The van der Waals surface area contributed by atoms with Crippen molar-refractivity contribution >= 4 is 10.8 Å². The van der Waals surface area contributed by atoms with Crippen molar-refractivity contribution in [1.82, 2.24) is 0 Å². The summed E-state index contributed by atoms with van der Waals surface area (Å²) in [6.45, 7) is 2.27. The minimum Gasteiger partial charge on any atom is -0.115 e. The molecule has 0 heteroatoms. The Bertz CT molecular complexity index is 615. The lowest BCUT2D eigenvalue weighted by Crippen LogP contribution is -1.93. The molecule has 0 aliphatic heterocycles. The molecule has 0 aromatic heterocycles. The van der Waals surface area contributed by atoms with E-state index in [0.29, 0.717) is 0 Å². The minimum atomic E-state index is 1.10. The molecule has 0 aliphatic rings. The average molecular weight is 292 g/mol. The Hall–Kier alpha value is -1.74. The summed E-state index contributed by atoms with van der Waals surface area (Å²) in [6.07, 6.45) is 17.7. The molecule has 0 N–H and O–H groups in total. The zero-order valence-corrected chi connectivity index (χ0v) is 13.9. The molecular formula is C22H28. The Balaban J connectivity index is 1.83. The van der Waals surface area contributed by atoms with Gasteiger partial charge in [-0.05, 0) is 29.2 Å². The molecule has 0 unspecified atom stereocenters. The Labute approximate surface area is 135 Å². The zero-order chi connectivity index (χ0) is 15.6. The number of unbranched alkanes of at least 4 members (excludes halogenated alkanes) is 7. The zero-order valence-electron chi connectivity index (χ0n) is 13.9. The van der Waals surface area contributed by atoms with Gasteiger partial charge in [-0.25, -0.2) is 0 Å². The van der Waals surface area contributed by atoms with Crippen molar-refractivity contribution in [2.24, 2.45) is 0 Å². The van der Waals surface area contributed by atoms with Crippen LogP contribution in [-0.4, -0.2) is 0 Å². The van der Waals surface area contributed by atoms with E-state index < -0.39 is 0 Å². The molecule has 0 fully saturated rings. The average Bonchev–Trinajstić information content (AvgIpc) is 2.56. The molecule has 0 heterocycles. The van der Waals surface area contributed by atoms with E-state index in [-0.39, 0.29) is 0 Å². The van der Waals surface area contributed by atoms with E-state index in [0.717, 1.165) is 12.0 Å². The van der Waals surface area contributed by atoms with Gasteiger partial charge in [-0.2, -0.15) is 0 Å². The van der Waals surface area contributed by atoms with Crippen LogP contribution in [0.5, 0.6) is 0 Å². The molecule has 0 spiro atoms. The Morgan fingerprint density at radius 1 is 0.818 bits per heavy atom. The molecule has 0 nitrogen and oxygen atoms in total. The summed E-state index contributed by atoms with van der Waals surface area (Å²) >= 11 is 0. The SMILES string of the molecule is C#Cc1c(CCCCCCCCCC)ccc2ccccc12. The normalized spacial score (nSPS) is 10.7. The van der Waals surface area contributed by atoms with Crippen LogP contribution in [0.2, 0.25) is 0 Å². The predicted molar refractivity (Wildman–Crippen MR) is 98.2 cm³/mol. The Kier molecular flexibility index (Phi) is 7.04. The fourth-order valence-electron chi connectivity index (χ4n) is 3.14. The molecule has 0 atom stereocenters. The lowest BCUT2D eigenvalue weighted by molar-refractivity contribution is 0.575. The van der Waals surface area contributed by atoms with Gasteiger partial charge in [-0.3, -0.25) is 0 Å². The van der Waals surface area contributed by atoms with Gasteiger partial charge in [0.05, 0.1) is 0 Å². The van der Waals surface area contributed by atoms with Gasteiger partial charge in [0.25, 0.3) is 0 Å². The van der Waals surface area contributed by atoms with Crippen molar-refractivity contribution in [3.63, 3.8) is 0 Å². The highest BCUT2D eigenvalue weighted by molar-refractivity contribution is 5.89. The van der Waals surface area contributed by atoms with Crippen LogP contribution in [0.25, 0.3) is 10.8 Å². The molecule has 116 valence electrons. The third-order valence-corrected chi connectivity index (χ3v) is 4.46. The molecule has 2 rings (SSSR count). The first-order valence-corrected chi connectivity index (χ1v) is 8.84. The molecule has 0 saturated heterocycles. The van der Waals surface area contributed by atoms with Crippen LogP contribution in [0.15, 0.2) is 36.4 Å². The highest BCUT2D eigenvalue weighted by Crippen LogP contribution is 2.23. The quantitative estimate of drug-likeness (QED) is 0.365. The smallest absolute Gasteiger partial charge is 0.0353 e. The summed E-state index contributed by atoms with van der Waals surface area (Å²) < 4.78 is 0. The van der Waals surface area contributed by atoms with Crippen molar-refractivity contribution < 1.29 is 0 Å². The number of terminal acetylenes is 1. The van der Waals surface area contributed by atoms with Crippen molar-refractivity contribution in [2.75, 3.05) is 0 Å². The summed E-state index contributed by atoms with van der Waals surface area (Å²) in [6, 6.07) is 12.8. The molecular weight excluding hydrogens is 264 g/mol. The van der Waals surface area contributed by atoms with Crippen LogP contribution in [-0.2, 0) is 6.42 Å². The lowest BCUT2D eigenvalue weighted by atomic mass is 9.95. The van der Waals surface area contributed by atoms with E-state index in [1.165, 1.54) is 67.7 Å². The van der Waals surface area contributed by atoms with Crippen LogP contribution in [0.1, 0.15) is 69.4 Å². The largest absolute Gasteiger partial charge is 0.115 e. The first-order chi connectivity index (χ1) is 10.9. The summed E-state index contributed by atoms with van der Waals surface area (Å²) in [5.74, 6) is 2.91. The van der Waals surface area contributed by atoms with Crippen molar-refractivity contribution in [3.05, 3.63) is 47.5 Å². The van der Waals surface area contributed by atoms with Crippen molar-refractivity contribution in [1.29, 1.82) is 0 Å². The maximum Gasteiger partial charge on any atom is 0.0353 e. The number of hydrogen-bond donors (Lipinski definition) is 0. The topological polar surface area (TPSA) is 0 Å². The fourth-order valence-corrected chi connectivity index (χ4v) is 3.14. The van der Waals surface area contributed by atoms with E-state index in [9.17, 15) is 0 Å². The van der Waals surface area contributed by atoms with Gasteiger partial charge in [0.1, 0.15) is 0 Å². The number of fused-ring (bicyclic) bond motifs is 1. The van der Waals surface area contributed by atoms with Gasteiger partial charge in [-0.1, -0.05) is 94.2 Å². The first kappa shape index (κ1) is 16.6. The van der Waals surface area contributed by atoms with E-state index in [4.69, 9.17) is 6.42 Å². The summed E-state index contributed by atoms with van der Waals surface area (Å²) in [5.41, 5.74) is 2.44. The van der Waals surface area contributed by atoms with E-state index >= 15 is 0 Å². The van der Waals surface area contributed by atoms with Crippen molar-refractivity contribution in [3.8, 4) is 12.3 Å². The number of aryl methyl sites for hydroxylation is 1. The molecule has 2 aromatic rings. The Morgan fingerprint density at radius 3 is 2.23 bits per heavy atom. The number of benzene rings is 2. The third-order valence-electron chi connectivity index (χ3n) is 4.46. The standard InChI is InChI=1S/C22H28/c1-3-5-6-7-8-9-10-11-14-19-17-18-20-15-12-13-16-22(20)21(19)4-2/h2,12-13,15-18H,3,5-11,14H2,1H3. The predicted octanol–water partition coefficient (Wildman–Crippen LogP) is 6.50. The lowest BCUT2D eigenvalue weighted by Gasteiger charge is -2.09. The van der Waals surface area contributed by atoms with Crippen molar-refractivity contribution in [2.45, 2.75) is 64.7 Å². The number of hydrogen-bond acceptors (Lipinski definition) is 0. The third kappa shape index (κ3) is 4.63. The highest BCUT2D eigenvalue weighted by Gasteiger charge is 2.05. The van der Waals surface area contributed by atoms with Gasteiger partial charge >= 0.3 is 0 Å². The van der Waals surface area contributed by atoms with Gasteiger partial charge in [0.15, 0.2) is 0 Å². The molecule has 0 bridgehead atoms. The molecule has 0 amide bonds. The molecule has 0 saturated carbocycles. The van der Waals surface area contributed by atoms with Gasteiger partial charge in [0, 0.05) is 5.56 Å². The summed E-state index contributed by atoms with van der Waals surface area (Å²) in [5, 5.41) is 2.47. The van der Waals surface area contributed by atoms with Crippen LogP contribution in [0, 0.1) is 12.3 Å². The number of rotatable bonds is 9. The van der Waals surface area contributed by atoms with Crippen LogP contribution in [0.3, 0.4) is 0 Å². The second-order valence-electron chi connectivity index (χ2n) is 6.19. The second-order valence-corrected chi connectivity index (χ2v) is 6.19. The summed E-state index contributed by atoms with van der Waals surface area (Å²) in [7, 11) is 0.